The van der Waals surface area contributed by atoms with Gasteiger partial charge in [-0.25, -0.2) is 19.6 Å². The number of rotatable bonds is 10. The molecule has 4 fully saturated rings. The summed E-state index contributed by atoms with van der Waals surface area (Å²) in [4.78, 5) is 75.1. The monoisotopic (exact) mass is 991 g/mol. The molecule has 14 heteroatoms. The van der Waals surface area contributed by atoms with Crippen LogP contribution in [0.4, 0.5) is 9.59 Å². The summed E-state index contributed by atoms with van der Waals surface area (Å²) in [5.41, 5.74) is 11.8. The largest absolute Gasteiger partial charge is 0.453 e. The van der Waals surface area contributed by atoms with Crippen LogP contribution in [-0.2, 0) is 19.1 Å². The second-order valence-electron chi connectivity index (χ2n) is 23.3. The maximum atomic E-state index is 14.3. The number of nitrogens with zero attached hydrogens (tertiary/aromatic N) is 4. The van der Waals surface area contributed by atoms with Crippen LogP contribution in [0.2, 0.25) is 0 Å². The van der Waals surface area contributed by atoms with Gasteiger partial charge in [-0.15, -0.1) is 0 Å². The average molecular weight is 991 g/mol. The first-order valence-corrected chi connectivity index (χ1v) is 27.4. The van der Waals surface area contributed by atoms with Crippen LogP contribution in [0.3, 0.4) is 0 Å². The number of likely N-dealkylation sites (tertiary alicyclic amines) is 2. The number of alkyl carbamates (subject to hydrolysis) is 2. The fourth-order valence-electron chi connectivity index (χ4n) is 14.3. The molecule has 0 radical (unpaired) electrons. The normalized spacial score (nSPS) is 28.5. The minimum Gasteiger partial charge on any atom is -0.453 e. The zero-order chi connectivity index (χ0) is 50.8. The highest BCUT2D eigenvalue weighted by atomic mass is 16.5. The number of nitrogens with one attached hydrogen (secondary N) is 4. The van der Waals surface area contributed by atoms with Crippen molar-refractivity contribution in [3.63, 3.8) is 0 Å². The molecule has 14 nitrogen and oxygen atoms in total. The van der Waals surface area contributed by atoms with E-state index >= 15 is 0 Å². The summed E-state index contributed by atoms with van der Waals surface area (Å²) in [6, 6.07) is 11.7. The van der Waals surface area contributed by atoms with Crippen LogP contribution in [0, 0.1) is 53.3 Å². The number of allylic oxidation sites excluding steroid dienone is 8. The number of aromatic nitrogens is 4. The Morgan fingerprint density at radius 1 is 0.726 bits per heavy atom. The Bertz CT molecular complexity index is 2940. The number of ether oxygens (including phenoxy) is 2. The third kappa shape index (κ3) is 9.19. The molecule has 10 aliphatic rings. The standard InChI is InChI=1S/C59H74N8O6/c1-31(2)50(64-58(70)72-6)56(68)66-29-40-10-8-12-42(40)52(66)54-60-46-22-20-38(27-48(46)62-54)44-25-34-14-16-35-18-19-36(33(5)24-37(44)17-15-34)26-45(35)39-21-23-47-49(28-39)63-55(61-47)53-43-13-9-11-41(43)30-67(53)57(69)51(32(3)4)65-59(71)73-7/h15,18-23,25,27-28,31-33,36-37,40-43,50-53H,8-14,16-17,24,26,29-30H2,1-7H3,(H,60,62)(H,61,63)(H,64,70)(H,65,71)/t33-,36-,37-,40?,41?,42?,43?,50+,51+,52+,53+/m1/s1. The summed E-state index contributed by atoms with van der Waals surface area (Å²) in [7, 11) is 2.66. The maximum absolute atomic E-state index is 14.3. The van der Waals surface area contributed by atoms with Crippen LogP contribution in [0.15, 0.2) is 71.8 Å². The number of methoxy groups -OCH3 is 2. The first-order valence-electron chi connectivity index (χ1n) is 27.4. The van der Waals surface area contributed by atoms with E-state index in [0.29, 0.717) is 54.5 Å². The smallest absolute Gasteiger partial charge is 0.407 e. The molecule has 4 unspecified atom stereocenters. The number of hydrogen-bond acceptors (Lipinski definition) is 8. The van der Waals surface area contributed by atoms with Gasteiger partial charge in [0.15, 0.2) is 0 Å². The minimum atomic E-state index is -0.684. The summed E-state index contributed by atoms with van der Waals surface area (Å²) in [5.74, 6) is 3.97. The van der Waals surface area contributed by atoms with E-state index in [2.05, 4.69) is 88.2 Å². The van der Waals surface area contributed by atoms with Gasteiger partial charge in [0.2, 0.25) is 11.8 Å². The Labute approximate surface area is 429 Å². The van der Waals surface area contributed by atoms with Crippen molar-refractivity contribution >= 4 is 57.2 Å². The molecular weight excluding hydrogens is 917 g/mol. The number of carbonyl (C=O) groups excluding carboxylic acids is 4. The molecule has 2 aliphatic heterocycles. The van der Waals surface area contributed by atoms with Gasteiger partial charge in [0.25, 0.3) is 0 Å². The quantitative estimate of drug-likeness (QED) is 0.121. The Kier molecular flexibility index (Phi) is 13.4. The molecule has 2 saturated carbocycles. The third-order valence-corrected chi connectivity index (χ3v) is 18.3. The predicted octanol–water partition coefficient (Wildman–Crippen LogP) is 11.0. The fraction of sp³-hybridized carbons (Fsp3) is 0.559. The molecule has 0 spiro atoms. The predicted molar refractivity (Wildman–Crippen MR) is 282 cm³/mol. The number of H-pyrrole nitrogens is 2. The molecular formula is C59H74N8O6. The Hall–Kier alpha value is -6.18. The lowest BCUT2D eigenvalue weighted by Crippen LogP contribution is -2.51. The Morgan fingerprint density at radius 3 is 1.82 bits per heavy atom. The van der Waals surface area contributed by atoms with E-state index in [0.717, 1.165) is 104 Å². The van der Waals surface area contributed by atoms with Crippen molar-refractivity contribution < 1.29 is 28.7 Å². The topological polar surface area (TPSA) is 175 Å². The molecule has 4 heterocycles. The van der Waals surface area contributed by atoms with E-state index in [1.54, 1.807) is 0 Å². The zero-order valence-electron chi connectivity index (χ0n) is 43.7. The average Bonchev–Trinajstić information content (AvgIpc) is 4.25. The van der Waals surface area contributed by atoms with Crippen molar-refractivity contribution in [1.82, 2.24) is 40.4 Å². The number of hydrogen-bond donors (Lipinski definition) is 4. The van der Waals surface area contributed by atoms with E-state index in [-0.39, 0.29) is 35.7 Å². The Morgan fingerprint density at radius 2 is 1.27 bits per heavy atom. The van der Waals surface area contributed by atoms with Crippen LogP contribution < -0.4 is 10.6 Å². The number of fused-ring (bicyclic) bond motifs is 4. The van der Waals surface area contributed by atoms with Gasteiger partial charge in [-0.2, -0.15) is 0 Å². The second-order valence-corrected chi connectivity index (χ2v) is 23.3. The van der Waals surface area contributed by atoms with Gasteiger partial charge in [0.1, 0.15) is 23.7 Å². The fourth-order valence-corrected chi connectivity index (χ4v) is 14.3. The van der Waals surface area contributed by atoms with Crippen LogP contribution in [0.25, 0.3) is 33.2 Å². The van der Waals surface area contributed by atoms with Crippen LogP contribution >= 0.6 is 0 Å². The van der Waals surface area contributed by atoms with Gasteiger partial charge >= 0.3 is 12.2 Å². The van der Waals surface area contributed by atoms with Crippen LogP contribution in [0.1, 0.15) is 140 Å². The summed E-state index contributed by atoms with van der Waals surface area (Å²) in [6.07, 6.45) is 20.2. The van der Waals surface area contributed by atoms with Gasteiger partial charge in [-0.1, -0.05) is 89.5 Å². The lowest BCUT2D eigenvalue weighted by atomic mass is 9.71. The molecule has 11 atom stereocenters. The zero-order valence-corrected chi connectivity index (χ0v) is 43.7. The number of aromatic amines is 2. The van der Waals surface area contributed by atoms with E-state index in [1.807, 2.05) is 37.5 Å². The van der Waals surface area contributed by atoms with Crippen LogP contribution in [-0.4, -0.2) is 93.1 Å². The highest BCUT2D eigenvalue weighted by Crippen LogP contribution is 2.52. The van der Waals surface area contributed by atoms with Gasteiger partial charge < -0.3 is 39.9 Å². The summed E-state index contributed by atoms with van der Waals surface area (Å²) in [5, 5.41) is 5.64. The van der Waals surface area contributed by atoms with Crippen molar-refractivity contribution in [3.8, 4) is 0 Å². The van der Waals surface area contributed by atoms with Gasteiger partial charge in [0, 0.05) is 13.1 Å². The van der Waals surface area contributed by atoms with E-state index in [9.17, 15) is 19.2 Å². The highest BCUT2D eigenvalue weighted by molar-refractivity contribution is 5.89. The Balaban J connectivity index is 0.853. The van der Waals surface area contributed by atoms with Crippen molar-refractivity contribution in [2.75, 3.05) is 27.3 Å². The molecule has 4 bridgehead atoms. The molecule has 14 rings (SSSR count). The maximum Gasteiger partial charge on any atom is 0.407 e. The molecule has 2 aromatic carbocycles. The van der Waals surface area contributed by atoms with Gasteiger partial charge in [-0.3, -0.25) is 9.59 Å². The lowest BCUT2D eigenvalue weighted by molar-refractivity contribution is -0.136. The van der Waals surface area contributed by atoms with Gasteiger partial charge in [-0.05, 0) is 163 Å². The first kappa shape index (κ1) is 49.1. The molecule has 2 aromatic heterocycles. The molecule has 4 N–H and O–H groups in total. The molecule has 4 amide bonds. The SMILES string of the molecule is COC(=O)N[C@H](C(=O)N1CC2CCCC2[C@H]1c1nc2ccc(C3=CC4=CC[C@@H]3C[C@@H](C)[C@@H]3C=CC(=C(c5ccc6nc([C@@H]7C8CCCC8CN7C(=O)[C@@H](NC(=O)OC)C(C)C)[nH]c6c5)C3)CC4)cc2[nH]1)C(C)C. The summed E-state index contributed by atoms with van der Waals surface area (Å²) in [6.45, 7) is 11.6. The lowest BCUT2D eigenvalue weighted by Gasteiger charge is -2.33. The molecule has 73 heavy (non-hydrogen) atoms. The molecule has 2 saturated heterocycles. The third-order valence-electron chi connectivity index (χ3n) is 18.3. The molecule has 8 aliphatic carbocycles. The number of carbonyl (C=O) groups is 4. The molecule has 386 valence electrons. The molecule has 4 aromatic rings. The number of amides is 4. The summed E-state index contributed by atoms with van der Waals surface area (Å²) < 4.78 is 9.83. The van der Waals surface area contributed by atoms with Crippen molar-refractivity contribution in [2.24, 2.45) is 53.3 Å². The summed E-state index contributed by atoms with van der Waals surface area (Å²) >= 11 is 0. The van der Waals surface area contributed by atoms with E-state index in [1.165, 1.54) is 47.6 Å². The first-order chi connectivity index (χ1) is 35.3. The minimum absolute atomic E-state index is 0.0746. The highest BCUT2D eigenvalue weighted by Gasteiger charge is 2.51. The van der Waals surface area contributed by atoms with Crippen LogP contribution in [0.5, 0.6) is 0 Å². The van der Waals surface area contributed by atoms with Crippen molar-refractivity contribution in [2.45, 2.75) is 129 Å². The van der Waals surface area contributed by atoms with Gasteiger partial charge in [0.05, 0.1) is 48.4 Å². The number of imidazole rings is 2. The van der Waals surface area contributed by atoms with E-state index in [4.69, 9.17) is 19.4 Å². The van der Waals surface area contributed by atoms with Crippen molar-refractivity contribution in [3.05, 3.63) is 94.6 Å². The second kappa shape index (κ2) is 19.9. The van der Waals surface area contributed by atoms with Crippen molar-refractivity contribution in [1.29, 1.82) is 0 Å². The van der Waals surface area contributed by atoms with E-state index < -0.39 is 24.3 Å². The number of benzene rings is 2.